The Morgan fingerprint density at radius 1 is 1.33 bits per heavy atom. The molecule has 96 valence electrons. The van der Waals surface area contributed by atoms with Crippen LogP contribution in [0.2, 0.25) is 0 Å². The van der Waals surface area contributed by atoms with Gasteiger partial charge in [0.1, 0.15) is 5.82 Å². The number of carbonyl (C=O) groups is 1. The number of nitrogens with two attached hydrogens (primary N) is 1. The first-order chi connectivity index (χ1) is 8.65. The van der Waals surface area contributed by atoms with Gasteiger partial charge in [-0.05, 0) is 40.4 Å². The van der Waals surface area contributed by atoms with Crippen molar-refractivity contribution in [3.8, 4) is 0 Å². The van der Waals surface area contributed by atoms with E-state index in [1.54, 1.807) is 6.20 Å². The van der Waals surface area contributed by atoms with Crippen molar-refractivity contribution in [1.82, 2.24) is 4.98 Å². The number of amidine groups is 1. The van der Waals surface area contributed by atoms with Gasteiger partial charge in [0.25, 0.3) is 0 Å². The summed E-state index contributed by atoms with van der Waals surface area (Å²) in [5, 5.41) is 2.82. The number of pyridine rings is 1. The number of rotatable bonds is 0. The molecule has 0 aliphatic carbocycles. The SMILES string of the molecule is NC1=NCCCc2cc(Br)cnc2NC(=O)CC1. The van der Waals surface area contributed by atoms with Crippen molar-refractivity contribution in [1.29, 1.82) is 0 Å². The maximum atomic E-state index is 11.7. The van der Waals surface area contributed by atoms with Crippen LogP contribution in [0.3, 0.4) is 0 Å². The number of halogens is 1. The van der Waals surface area contributed by atoms with Gasteiger partial charge in [-0.25, -0.2) is 4.98 Å². The van der Waals surface area contributed by atoms with Crippen molar-refractivity contribution in [3.63, 3.8) is 0 Å². The summed E-state index contributed by atoms with van der Waals surface area (Å²) in [4.78, 5) is 20.2. The lowest BCUT2D eigenvalue weighted by molar-refractivity contribution is -0.116. The first-order valence-corrected chi connectivity index (χ1v) is 6.67. The number of aliphatic imine (C=N–C) groups is 1. The van der Waals surface area contributed by atoms with Crippen molar-refractivity contribution in [2.75, 3.05) is 11.9 Å². The summed E-state index contributed by atoms with van der Waals surface area (Å²) < 4.78 is 0.911. The molecule has 3 N–H and O–H groups in total. The molecule has 0 bridgehead atoms. The van der Waals surface area contributed by atoms with Crippen molar-refractivity contribution in [2.24, 2.45) is 10.7 Å². The number of aromatic nitrogens is 1. The highest BCUT2D eigenvalue weighted by Gasteiger charge is 2.11. The van der Waals surface area contributed by atoms with Gasteiger partial charge in [-0.2, -0.15) is 0 Å². The predicted molar refractivity (Wildman–Crippen MR) is 74.6 cm³/mol. The van der Waals surface area contributed by atoms with Gasteiger partial charge in [-0.15, -0.1) is 0 Å². The van der Waals surface area contributed by atoms with Crippen molar-refractivity contribution in [2.45, 2.75) is 25.7 Å². The molecule has 0 saturated heterocycles. The second kappa shape index (κ2) is 5.95. The smallest absolute Gasteiger partial charge is 0.225 e. The molecule has 0 atom stereocenters. The Morgan fingerprint density at radius 3 is 3.00 bits per heavy atom. The third-order valence-corrected chi connectivity index (χ3v) is 3.15. The topological polar surface area (TPSA) is 80.4 Å². The van der Waals surface area contributed by atoms with Crippen molar-refractivity contribution < 1.29 is 4.79 Å². The molecule has 1 aromatic heterocycles. The van der Waals surface area contributed by atoms with E-state index in [2.05, 4.69) is 31.2 Å². The molecule has 0 saturated carbocycles. The van der Waals surface area contributed by atoms with Crippen LogP contribution in [-0.2, 0) is 11.2 Å². The minimum Gasteiger partial charge on any atom is -0.387 e. The van der Waals surface area contributed by atoms with E-state index < -0.39 is 0 Å². The third-order valence-electron chi connectivity index (χ3n) is 2.72. The van der Waals surface area contributed by atoms with Crippen LogP contribution in [0.5, 0.6) is 0 Å². The fraction of sp³-hybridized carbons (Fsp3) is 0.417. The lowest BCUT2D eigenvalue weighted by Gasteiger charge is -2.09. The highest BCUT2D eigenvalue weighted by Crippen LogP contribution is 2.20. The van der Waals surface area contributed by atoms with Crippen LogP contribution in [0.25, 0.3) is 0 Å². The van der Waals surface area contributed by atoms with E-state index in [0.717, 1.165) is 22.9 Å². The lowest BCUT2D eigenvalue weighted by atomic mass is 10.1. The number of fused-ring (bicyclic) bond motifs is 1. The van der Waals surface area contributed by atoms with Crippen LogP contribution in [0, 0.1) is 0 Å². The molecule has 0 unspecified atom stereocenters. The number of hydrogen-bond donors (Lipinski definition) is 2. The van der Waals surface area contributed by atoms with Gasteiger partial charge >= 0.3 is 0 Å². The Hall–Kier alpha value is -1.43. The summed E-state index contributed by atoms with van der Waals surface area (Å²) in [6, 6.07) is 1.98. The molecule has 1 aliphatic heterocycles. The molecule has 0 aromatic carbocycles. The van der Waals surface area contributed by atoms with Crippen molar-refractivity contribution in [3.05, 3.63) is 22.3 Å². The Bertz CT molecular complexity index is 487. The number of hydrogen-bond acceptors (Lipinski definition) is 4. The molecular formula is C12H15BrN4O. The first-order valence-electron chi connectivity index (χ1n) is 5.88. The maximum absolute atomic E-state index is 11.7. The summed E-state index contributed by atoms with van der Waals surface area (Å²) in [6.45, 7) is 0.686. The number of anilines is 1. The zero-order chi connectivity index (χ0) is 13.0. The minimum absolute atomic E-state index is 0.0777. The van der Waals surface area contributed by atoms with Crippen LogP contribution in [0.4, 0.5) is 5.82 Å². The van der Waals surface area contributed by atoms with Gasteiger partial charge in [-0.1, -0.05) is 0 Å². The Morgan fingerprint density at radius 2 is 2.17 bits per heavy atom. The van der Waals surface area contributed by atoms with E-state index in [1.807, 2.05) is 6.07 Å². The Labute approximate surface area is 114 Å². The summed E-state index contributed by atoms with van der Waals surface area (Å²) in [7, 11) is 0. The molecular weight excluding hydrogens is 296 g/mol. The van der Waals surface area contributed by atoms with Gasteiger partial charge in [0.05, 0.1) is 5.84 Å². The minimum atomic E-state index is -0.0777. The second-order valence-electron chi connectivity index (χ2n) is 4.19. The summed E-state index contributed by atoms with van der Waals surface area (Å²) in [6.07, 6.45) is 4.23. The quantitative estimate of drug-likeness (QED) is 0.767. The monoisotopic (exact) mass is 310 g/mol. The van der Waals surface area contributed by atoms with E-state index in [4.69, 9.17) is 5.73 Å². The average molecular weight is 311 g/mol. The molecule has 0 radical (unpaired) electrons. The van der Waals surface area contributed by atoms with Crippen LogP contribution >= 0.6 is 15.9 Å². The normalized spacial score (nSPS) is 17.2. The molecule has 1 aromatic rings. The van der Waals surface area contributed by atoms with Crippen LogP contribution in [0.15, 0.2) is 21.7 Å². The maximum Gasteiger partial charge on any atom is 0.225 e. The number of nitrogens with one attached hydrogen (secondary N) is 1. The van der Waals surface area contributed by atoms with E-state index in [0.29, 0.717) is 31.0 Å². The molecule has 5 nitrogen and oxygen atoms in total. The fourth-order valence-electron chi connectivity index (χ4n) is 1.79. The molecule has 0 fully saturated rings. The summed E-state index contributed by atoms with van der Waals surface area (Å²) >= 11 is 3.39. The summed E-state index contributed by atoms with van der Waals surface area (Å²) in [5.41, 5.74) is 6.74. The van der Waals surface area contributed by atoms with Gasteiger partial charge < -0.3 is 11.1 Å². The third kappa shape index (κ3) is 3.53. The average Bonchev–Trinajstić information content (AvgIpc) is 2.37. The molecule has 2 rings (SSSR count). The van der Waals surface area contributed by atoms with E-state index >= 15 is 0 Å². The van der Waals surface area contributed by atoms with Gasteiger partial charge in [0.15, 0.2) is 0 Å². The summed E-state index contributed by atoms with van der Waals surface area (Å²) in [5.74, 6) is 1.11. The molecule has 2 heterocycles. The van der Waals surface area contributed by atoms with Gasteiger partial charge in [-0.3, -0.25) is 9.79 Å². The highest BCUT2D eigenvalue weighted by molar-refractivity contribution is 9.10. The molecule has 0 spiro atoms. The standard InChI is InChI=1S/C12H15BrN4O/c13-9-6-8-2-1-5-15-10(14)3-4-11(18)17-12(8)16-7-9/h6-7H,1-5H2,(H2,14,15)(H,16,17,18). The number of nitrogens with zero attached hydrogens (tertiary/aromatic N) is 2. The second-order valence-corrected chi connectivity index (χ2v) is 5.10. The van der Waals surface area contributed by atoms with Crippen molar-refractivity contribution >= 4 is 33.5 Å². The Kier molecular flexibility index (Phi) is 4.30. The molecule has 1 aliphatic rings. The highest BCUT2D eigenvalue weighted by atomic mass is 79.9. The predicted octanol–water partition coefficient (Wildman–Crippen LogP) is 1.87. The van der Waals surface area contributed by atoms with Crippen LogP contribution in [0.1, 0.15) is 24.8 Å². The lowest BCUT2D eigenvalue weighted by Crippen LogP contribution is -2.18. The van der Waals surface area contributed by atoms with E-state index in [9.17, 15) is 4.79 Å². The number of carbonyl (C=O) groups excluding carboxylic acids is 1. The van der Waals surface area contributed by atoms with E-state index in [1.165, 1.54) is 0 Å². The van der Waals surface area contributed by atoms with Crippen LogP contribution < -0.4 is 11.1 Å². The zero-order valence-electron chi connectivity index (χ0n) is 9.95. The molecule has 1 amide bonds. The van der Waals surface area contributed by atoms with Gasteiger partial charge in [0, 0.05) is 30.1 Å². The zero-order valence-corrected chi connectivity index (χ0v) is 11.5. The first kappa shape index (κ1) is 13.0. The van der Waals surface area contributed by atoms with Crippen LogP contribution in [-0.4, -0.2) is 23.3 Å². The number of amides is 1. The largest absolute Gasteiger partial charge is 0.387 e. The molecule has 6 heteroatoms. The Balaban J connectivity index is 2.23. The van der Waals surface area contributed by atoms with E-state index in [-0.39, 0.29) is 5.91 Å². The fourth-order valence-corrected chi connectivity index (χ4v) is 2.17. The molecule has 18 heavy (non-hydrogen) atoms. The van der Waals surface area contributed by atoms with Gasteiger partial charge in [0.2, 0.25) is 5.91 Å². The number of aryl methyl sites for hydroxylation is 1.